The largest absolute Gasteiger partial charge is 0.355 e. The minimum Gasteiger partial charge on any atom is -0.355 e. The third kappa shape index (κ3) is 7.03. The summed E-state index contributed by atoms with van der Waals surface area (Å²) in [6.07, 6.45) is 1.51. The van der Waals surface area contributed by atoms with E-state index >= 15 is 0 Å². The lowest BCUT2D eigenvalue weighted by atomic mass is 10.3. The van der Waals surface area contributed by atoms with Crippen LogP contribution in [0, 0.1) is 0 Å². The minimum atomic E-state index is 0.140. The van der Waals surface area contributed by atoms with E-state index in [1.807, 2.05) is 19.2 Å². The Labute approximate surface area is 121 Å². The number of carbonyl (C=O) groups is 1. The van der Waals surface area contributed by atoms with Crippen molar-refractivity contribution < 1.29 is 4.79 Å². The molecule has 0 aliphatic heterocycles. The van der Waals surface area contributed by atoms with Crippen molar-refractivity contribution in [2.24, 2.45) is 0 Å². The molecule has 0 saturated carbocycles. The zero-order valence-electron chi connectivity index (χ0n) is 10.5. The van der Waals surface area contributed by atoms with Gasteiger partial charge >= 0.3 is 0 Å². The second-order valence-corrected chi connectivity index (χ2v) is 5.94. The van der Waals surface area contributed by atoms with Gasteiger partial charge in [-0.1, -0.05) is 15.9 Å². The standard InChI is InChI=1S/C13H19BrN2OS/c1-15-8-9-16-13(17)3-2-10-18-12-6-4-11(14)5-7-12/h4-7,15H,2-3,8-10H2,1H3,(H,16,17). The molecule has 1 aromatic carbocycles. The van der Waals surface area contributed by atoms with Gasteiger partial charge in [0.2, 0.25) is 5.91 Å². The molecule has 0 radical (unpaired) electrons. The van der Waals surface area contributed by atoms with Crippen LogP contribution in [0.25, 0.3) is 0 Å². The molecule has 0 aliphatic rings. The Morgan fingerprint density at radius 3 is 2.67 bits per heavy atom. The molecule has 0 spiro atoms. The van der Waals surface area contributed by atoms with Crippen molar-refractivity contribution in [3.8, 4) is 0 Å². The lowest BCUT2D eigenvalue weighted by Crippen LogP contribution is -2.30. The molecule has 0 fully saturated rings. The van der Waals surface area contributed by atoms with E-state index in [1.165, 1.54) is 4.90 Å². The van der Waals surface area contributed by atoms with E-state index in [0.717, 1.165) is 23.2 Å². The first kappa shape index (κ1) is 15.5. The van der Waals surface area contributed by atoms with Crippen LogP contribution in [0.3, 0.4) is 0 Å². The van der Waals surface area contributed by atoms with Crippen LogP contribution in [0.15, 0.2) is 33.6 Å². The predicted octanol–water partition coefficient (Wildman–Crippen LogP) is 2.66. The van der Waals surface area contributed by atoms with Crippen LogP contribution in [-0.4, -0.2) is 31.8 Å². The Kier molecular flexibility index (Phi) is 8.13. The number of amides is 1. The second-order valence-electron chi connectivity index (χ2n) is 3.86. The summed E-state index contributed by atoms with van der Waals surface area (Å²) in [5, 5.41) is 5.87. The minimum absolute atomic E-state index is 0.140. The van der Waals surface area contributed by atoms with Gasteiger partial charge in [0.15, 0.2) is 0 Å². The summed E-state index contributed by atoms with van der Waals surface area (Å²) in [4.78, 5) is 12.7. The summed E-state index contributed by atoms with van der Waals surface area (Å²) in [6.45, 7) is 1.52. The maximum Gasteiger partial charge on any atom is 0.220 e. The topological polar surface area (TPSA) is 41.1 Å². The van der Waals surface area contributed by atoms with Gasteiger partial charge in [0.1, 0.15) is 0 Å². The van der Waals surface area contributed by atoms with Gasteiger partial charge in [-0.05, 0) is 43.5 Å². The summed E-state index contributed by atoms with van der Waals surface area (Å²) in [6, 6.07) is 8.24. The van der Waals surface area contributed by atoms with Crippen LogP contribution in [0.5, 0.6) is 0 Å². The number of halogens is 1. The SMILES string of the molecule is CNCCNC(=O)CCCSc1ccc(Br)cc1. The average Bonchev–Trinajstić information content (AvgIpc) is 2.37. The van der Waals surface area contributed by atoms with Gasteiger partial charge in [-0.3, -0.25) is 4.79 Å². The highest BCUT2D eigenvalue weighted by molar-refractivity contribution is 9.10. The highest BCUT2D eigenvalue weighted by Gasteiger charge is 2.00. The molecule has 0 aliphatic carbocycles. The zero-order valence-corrected chi connectivity index (χ0v) is 12.9. The Morgan fingerprint density at radius 1 is 1.28 bits per heavy atom. The Morgan fingerprint density at radius 2 is 2.00 bits per heavy atom. The molecular formula is C13H19BrN2OS. The van der Waals surface area contributed by atoms with Crippen LogP contribution in [-0.2, 0) is 4.79 Å². The molecule has 0 heterocycles. The third-order valence-corrected chi connectivity index (χ3v) is 3.95. The zero-order chi connectivity index (χ0) is 13.2. The van der Waals surface area contributed by atoms with E-state index in [9.17, 15) is 4.79 Å². The van der Waals surface area contributed by atoms with Crippen molar-refractivity contribution in [3.63, 3.8) is 0 Å². The Bertz CT molecular complexity index is 357. The first-order valence-electron chi connectivity index (χ1n) is 6.02. The highest BCUT2D eigenvalue weighted by Crippen LogP contribution is 2.21. The lowest BCUT2D eigenvalue weighted by Gasteiger charge is -2.04. The fourth-order valence-corrected chi connectivity index (χ4v) is 2.49. The van der Waals surface area contributed by atoms with E-state index in [-0.39, 0.29) is 5.91 Å². The molecule has 3 nitrogen and oxygen atoms in total. The van der Waals surface area contributed by atoms with Gasteiger partial charge in [0.05, 0.1) is 0 Å². The van der Waals surface area contributed by atoms with Gasteiger partial charge < -0.3 is 10.6 Å². The van der Waals surface area contributed by atoms with Crippen molar-refractivity contribution in [1.29, 1.82) is 0 Å². The molecule has 2 N–H and O–H groups in total. The maximum atomic E-state index is 11.4. The first-order chi connectivity index (χ1) is 8.72. The Balaban J connectivity index is 2.07. The van der Waals surface area contributed by atoms with Crippen LogP contribution in [0.1, 0.15) is 12.8 Å². The molecule has 0 aromatic heterocycles. The molecule has 5 heteroatoms. The number of rotatable bonds is 8. The number of hydrogen-bond donors (Lipinski definition) is 2. The molecular weight excluding hydrogens is 312 g/mol. The number of likely N-dealkylation sites (N-methyl/N-ethyl adjacent to an activating group) is 1. The fraction of sp³-hybridized carbons (Fsp3) is 0.462. The van der Waals surface area contributed by atoms with E-state index < -0.39 is 0 Å². The molecule has 0 saturated heterocycles. The first-order valence-corrected chi connectivity index (χ1v) is 7.80. The lowest BCUT2D eigenvalue weighted by molar-refractivity contribution is -0.121. The summed E-state index contributed by atoms with van der Waals surface area (Å²) in [5.41, 5.74) is 0. The van der Waals surface area contributed by atoms with Gasteiger partial charge in [0, 0.05) is 28.9 Å². The van der Waals surface area contributed by atoms with Gasteiger partial charge in [-0.2, -0.15) is 0 Å². The molecule has 0 unspecified atom stereocenters. The molecule has 100 valence electrons. The van der Waals surface area contributed by atoms with Crippen molar-refractivity contribution >= 4 is 33.6 Å². The van der Waals surface area contributed by atoms with Crippen molar-refractivity contribution in [2.75, 3.05) is 25.9 Å². The normalized spacial score (nSPS) is 10.3. The second kappa shape index (κ2) is 9.42. The Hall–Kier alpha value is -0.520. The van der Waals surface area contributed by atoms with Crippen molar-refractivity contribution in [3.05, 3.63) is 28.7 Å². The molecule has 1 rings (SSSR count). The molecule has 1 amide bonds. The van der Waals surface area contributed by atoms with Gasteiger partial charge in [-0.15, -0.1) is 11.8 Å². The summed E-state index contributed by atoms with van der Waals surface area (Å²) >= 11 is 5.20. The maximum absolute atomic E-state index is 11.4. The summed E-state index contributed by atoms with van der Waals surface area (Å²) in [5.74, 6) is 1.11. The highest BCUT2D eigenvalue weighted by atomic mass is 79.9. The molecule has 0 bridgehead atoms. The summed E-state index contributed by atoms with van der Waals surface area (Å²) < 4.78 is 1.09. The fourth-order valence-electron chi connectivity index (χ4n) is 1.37. The number of hydrogen-bond acceptors (Lipinski definition) is 3. The van der Waals surface area contributed by atoms with E-state index in [4.69, 9.17) is 0 Å². The quantitative estimate of drug-likeness (QED) is 0.568. The number of thioether (sulfide) groups is 1. The van der Waals surface area contributed by atoms with Crippen LogP contribution < -0.4 is 10.6 Å². The van der Waals surface area contributed by atoms with Crippen LogP contribution >= 0.6 is 27.7 Å². The van der Waals surface area contributed by atoms with Crippen LogP contribution in [0.4, 0.5) is 0 Å². The van der Waals surface area contributed by atoms with E-state index in [0.29, 0.717) is 13.0 Å². The monoisotopic (exact) mass is 330 g/mol. The smallest absolute Gasteiger partial charge is 0.220 e. The van der Waals surface area contributed by atoms with E-state index in [1.54, 1.807) is 11.8 Å². The van der Waals surface area contributed by atoms with Crippen molar-refractivity contribution in [1.82, 2.24) is 10.6 Å². The molecule has 18 heavy (non-hydrogen) atoms. The number of nitrogens with one attached hydrogen (secondary N) is 2. The van der Waals surface area contributed by atoms with Gasteiger partial charge in [0.25, 0.3) is 0 Å². The predicted molar refractivity (Wildman–Crippen MR) is 81.0 cm³/mol. The number of carbonyl (C=O) groups excluding carboxylic acids is 1. The number of benzene rings is 1. The van der Waals surface area contributed by atoms with Crippen molar-refractivity contribution in [2.45, 2.75) is 17.7 Å². The van der Waals surface area contributed by atoms with E-state index in [2.05, 4.69) is 38.7 Å². The van der Waals surface area contributed by atoms with Crippen LogP contribution in [0.2, 0.25) is 0 Å². The average molecular weight is 331 g/mol. The van der Waals surface area contributed by atoms with Gasteiger partial charge in [-0.25, -0.2) is 0 Å². The summed E-state index contributed by atoms with van der Waals surface area (Å²) in [7, 11) is 1.88. The molecule has 0 atom stereocenters. The molecule has 1 aromatic rings. The third-order valence-electron chi connectivity index (χ3n) is 2.33.